The maximum absolute atomic E-state index is 12.8. The molecule has 0 unspecified atom stereocenters. The Labute approximate surface area is 418 Å². The number of rotatable bonds is 21. The number of carbonyl (C=O) groups excluding carboxylic acids is 4. The molecule has 8 N–H and O–H groups in total. The number of primary amides is 1. The van der Waals surface area contributed by atoms with Crippen LogP contribution in [0.4, 0.5) is 11.4 Å². The number of ether oxygens (including phenoxy) is 2. The van der Waals surface area contributed by atoms with Crippen molar-refractivity contribution in [3.63, 3.8) is 0 Å². The number of halogens is 2. The number of hydrogen-bond acceptors (Lipinski definition) is 10. The molecule has 16 heteroatoms. The lowest BCUT2D eigenvalue weighted by molar-refractivity contribution is 0.0921. The Morgan fingerprint density at radius 2 is 1.13 bits per heavy atom. The lowest BCUT2D eigenvalue weighted by atomic mass is 10.0. The van der Waals surface area contributed by atoms with E-state index in [1.807, 2.05) is 94.4 Å². The summed E-state index contributed by atoms with van der Waals surface area (Å²) in [6.07, 6.45) is 3.34. The van der Waals surface area contributed by atoms with Crippen molar-refractivity contribution in [1.82, 2.24) is 15.6 Å². The van der Waals surface area contributed by atoms with Crippen molar-refractivity contribution in [1.29, 1.82) is 0 Å². The van der Waals surface area contributed by atoms with Crippen LogP contribution in [0.5, 0.6) is 11.5 Å². The van der Waals surface area contributed by atoms with Gasteiger partial charge in [0.25, 0.3) is 17.7 Å². The number of benzene rings is 5. The molecular formula is C54H60Cl2N6O8. The molecule has 1 aromatic heterocycles. The largest absolute Gasteiger partial charge is 0.489 e. The number of aliphatic hydroxyl groups excluding tert-OH is 2. The summed E-state index contributed by atoms with van der Waals surface area (Å²) >= 11 is 12.5. The van der Waals surface area contributed by atoms with Crippen LogP contribution in [0.3, 0.4) is 0 Å². The second kappa shape index (κ2) is 26.7. The van der Waals surface area contributed by atoms with E-state index >= 15 is 0 Å². The van der Waals surface area contributed by atoms with Crippen molar-refractivity contribution in [2.24, 2.45) is 5.73 Å². The van der Waals surface area contributed by atoms with Crippen LogP contribution < -0.4 is 36.5 Å². The van der Waals surface area contributed by atoms with Gasteiger partial charge in [0.05, 0.1) is 33.5 Å². The van der Waals surface area contributed by atoms with Crippen LogP contribution in [0, 0.1) is 0 Å². The molecule has 6 rings (SSSR count). The van der Waals surface area contributed by atoms with E-state index in [1.54, 1.807) is 67.8 Å². The third kappa shape index (κ3) is 16.3. The summed E-state index contributed by atoms with van der Waals surface area (Å²) in [5.41, 5.74) is 12.0. The molecular weight excluding hydrogens is 932 g/mol. The number of carbonyl (C=O) groups is 4. The summed E-state index contributed by atoms with van der Waals surface area (Å²) < 4.78 is 11.2. The smallest absolute Gasteiger partial charge is 0.257 e. The fourth-order valence-corrected chi connectivity index (χ4v) is 7.68. The first kappa shape index (κ1) is 54.0. The summed E-state index contributed by atoms with van der Waals surface area (Å²) in [6, 6.07) is 34.9. The molecule has 0 spiro atoms. The highest BCUT2D eigenvalue weighted by molar-refractivity contribution is 6.32. The van der Waals surface area contributed by atoms with Crippen molar-refractivity contribution >= 4 is 58.2 Å². The zero-order valence-corrected chi connectivity index (χ0v) is 41.3. The Morgan fingerprint density at radius 1 is 0.629 bits per heavy atom. The average molecular weight is 992 g/mol. The van der Waals surface area contributed by atoms with Gasteiger partial charge in [-0.15, -0.1) is 0 Å². The highest BCUT2D eigenvalue weighted by Crippen LogP contribution is 2.28. The van der Waals surface area contributed by atoms with Gasteiger partial charge in [0.15, 0.2) is 0 Å². The average Bonchev–Trinajstić information content (AvgIpc) is 3.33. The highest BCUT2D eigenvalue weighted by atomic mass is 35.5. The molecule has 368 valence electrons. The molecule has 0 aliphatic carbocycles. The molecule has 70 heavy (non-hydrogen) atoms. The number of para-hydroxylation sites is 1. The molecule has 0 bridgehead atoms. The van der Waals surface area contributed by atoms with E-state index in [-0.39, 0.29) is 55.2 Å². The van der Waals surface area contributed by atoms with Crippen molar-refractivity contribution in [2.75, 3.05) is 30.9 Å². The lowest BCUT2D eigenvalue weighted by Gasteiger charge is -2.19. The molecule has 0 radical (unpaired) electrons. The normalized spacial score (nSPS) is 11.7. The SMILES string of the molecule is CC(C)Oc1ccc(C(=O)N[C@H](CCO)Cc2ccc(-c3cc(C(N)=O)ccn3)cc2)cc1Cl.CNc1ccccc1C(=O)Nc1ccc(C[C@@H](CCO)NC(=O)c2ccc(OC(C)C)c(Cl)c2)cc1. The van der Waals surface area contributed by atoms with Crippen molar-refractivity contribution in [3.8, 4) is 22.8 Å². The van der Waals surface area contributed by atoms with E-state index in [2.05, 4.69) is 26.3 Å². The number of hydrogen-bond donors (Lipinski definition) is 7. The van der Waals surface area contributed by atoms with Crippen molar-refractivity contribution in [2.45, 2.75) is 77.7 Å². The zero-order chi connectivity index (χ0) is 50.7. The first-order valence-corrected chi connectivity index (χ1v) is 23.6. The van der Waals surface area contributed by atoms with Crippen LogP contribution in [-0.4, -0.2) is 83.4 Å². The Hall–Kier alpha value is -6.97. The summed E-state index contributed by atoms with van der Waals surface area (Å²) in [5, 5.41) is 31.6. The van der Waals surface area contributed by atoms with Gasteiger partial charge in [0.2, 0.25) is 5.91 Å². The molecule has 0 aliphatic heterocycles. The second-order valence-corrected chi connectivity index (χ2v) is 17.6. The Balaban J connectivity index is 0.000000261. The molecule has 0 saturated carbocycles. The van der Waals surface area contributed by atoms with E-state index in [1.165, 1.54) is 0 Å². The molecule has 14 nitrogen and oxygen atoms in total. The molecule has 0 saturated heterocycles. The van der Waals surface area contributed by atoms with Gasteiger partial charge in [0.1, 0.15) is 11.5 Å². The standard InChI is InChI=1S/C28H32ClN3O4.C26H28ClN3O4/c1-18(2)36-26-13-10-20(17-24(26)29)27(34)32-22(14-15-33)16-19-8-11-21(12-9-19)31-28(35)23-6-4-5-7-25(23)30-3;1-16(2)34-24-8-7-20(14-22(24)27)26(33)30-21(10-12-31)13-17-3-5-18(6-4-17)23-15-19(25(28)32)9-11-29-23/h4-13,17-18,22,30,33H,14-16H2,1-3H3,(H,31,35)(H,32,34);3-9,11,14-16,21,31H,10,12-13H2,1-2H3,(H2,28,32)(H,30,33)/t22-;21-/m11/s1. The highest BCUT2D eigenvalue weighted by Gasteiger charge is 2.19. The number of nitrogens with one attached hydrogen (secondary N) is 4. The maximum Gasteiger partial charge on any atom is 0.257 e. The minimum absolute atomic E-state index is 0.0274. The summed E-state index contributed by atoms with van der Waals surface area (Å²) in [6.45, 7) is 7.48. The number of pyridine rings is 1. The molecule has 0 fully saturated rings. The van der Waals surface area contributed by atoms with E-state index in [9.17, 15) is 29.4 Å². The molecule has 5 aromatic carbocycles. The first-order valence-electron chi connectivity index (χ1n) is 22.8. The molecule has 4 amide bonds. The third-order valence-electron chi connectivity index (χ3n) is 10.7. The van der Waals surface area contributed by atoms with E-state index in [0.29, 0.717) is 80.9 Å². The van der Waals surface area contributed by atoms with Crippen molar-refractivity contribution in [3.05, 3.63) is 171 Å². The number of nitrogens with two attached hydrogens (primary N) is 1. The topological polar surface area (TPSA) is 214 Å². The van der Waals surface area contributed by atoms with Gasteiger partial charge in [0, 0.05) is 72.2 Å². The van der Waals surface area contributed by atoms with Gasteiger partial charge < -0.3 is 46.7 Å². The summed E-state index contributed by atoms with van der Waals surface area (Å²) in [5.74, 6) is -0.222. The zero-order valence-electron chi connectivity index (χ0n) is 39.8. The monoisotopic (exact) mass is 990 g/mol. The van der Waals surface area contributed by atoms with Crippen LogP contribution in [-0.2, 0) is 12.8 Å². The molecule has 0 aliphatic rings. The number of nitrogens with zero attached hydrogens (tertiary/aromatic N) is 1. The van der Waals surface area contributed by atoms with Crippen LogP contribution in [0.1, 0.15) is 93.1 Å². The van der Waals surface area contributed by atoms with Crippen LogP contribution >= 0.6 is 23.2 Å². The van der Waals surface area contributed by atoms with Gasteiger partial charge in [-0.3, -0.25) is 24.2 Å². The van der Waals surface area contributed by atoms with Crippen LogP contribution in [0.15, 0.2) is 128 Å². The molecule has 1 heterocycles. The third-order valence-corrected chi connectivity index (χ3v) is 11.2. The Bertz CT molecular complexity index is 2700. The lowest BCUT2D eigenvalue weighted by Crippen LogP contribution is -2.37. The van der Waals surface area contributed by atoms with E-state index in [0.717, 1.165) is 22.4 Å². The fraction of sp³-hybridized carbons (Fsp3) is 0.278. The fourth-order valence-electron chi connectivity index (χ4n) is 7.23. The first-order chi connectivity index (χ1) is 33.6. The van der Waals surface area contributed by atoms with Crippen molar-refractivity contribution < 1.29 is 38.9 Å². The predicted octanol–water partition coefficient (Wildman–Crippen LogP) is 9.16. The second-order valence-electron chi connectivity index (χ2n) is 16.8. The predicted molar refractivity (Wildman–Crippen MR) is 276 cm³/mol. The summed E-state index contributed by atoms with van der Waals surface area (Å²) in [4.78, 5) is 54.0. The van der Waals surface area contributed by atoms with E-state index < -0.39 is 5.91 Å². The van der Waals surface area contributed by atoms with Gasteiger partial charge in [-0.1, -0.05) is 71.7 Å². The van der Waals surface area contributed by atoms with Crippen LogP contribution in [0.25, 0.3) is 11.3 Å². The number of aromatic nitrogens is 1. The Morgan fingerprint density at radius 3 is 1.59 bits per heavy atom. The summed E-state index contributed by atoms with van der Waals surface area (Å²) in [7, 11) is 1.77. The minimum atomic E-state index is -0.508. The number of anilines is 2. The number of aliphatic hydroxyl groups is 2. The van der Waals surface area contributed by atoms with Gasteiger partial charge in [-0.05, 0) is 137 Å². The van der Waals surface area contributed by atoms with Gasteiger partial charge >= 0.3 is 0 Å². The number of amides is 4. The van der Waals surface area contributed by atoms with E-state index in [4.69, 9.17) is 38.4 Å². The Kier molecular flexibility index (Phi) is 20.6. The van der Waals surface area contributed by atoms with Gasteiger partial charge in [-0.25, -0.2) is 0 Å². The van der Waals surface area contributed by atoms with Gasteiger partial charge in [-0.2, -0.15) is 0 Å². The molecule has 2 atom stereocenters. The van der Waals surface area contributed by atoms with Crippen LogP contribution in [0.2, 0.25) is 10.0 Å². The molecule has 6 aromatic rings. The maximum atomic E-state index is 12.8. The quantitative estimate of drug-likeness (QED) is 0.0363. The minimum Gasteiger partial charge on any atom is -0.489 e.